The summed E-state index contributed by atoms with van der Waals surface area (Å²) in [5.74, 6) is 0.932. The Bertz CT molecular complexity index is 1420. The molecular formula is C27H26FN5O4S. The number of furan rings is 1. The van der Waals surface area contributed by atoms with Crippen molar-refractivity contribution in [1.29, 1.82) is 0 Å². The number of hydrogen-bond acceptors (Lipinski definition) is 7. The molecule has 2 aromatic heterocycles. The van der Waals surface area contributed by atoms with Crippen LogP contribution in [0.25, 0.3) is 17.3 Å². The molecule has 3 heterocycles. The largest absolute Gasteiger partial charge is 0.497 e. The second-order valence-corrected chi connectivity index (χ2v) is 9.72. The number of carbonyl (C=O) groups is 2. The minimum Gasteiger partial charge on any atom is -0.497 e. The number of carbonyl (C=O) groups excluding carboxylic acids is 2. The number of halogens is 1. The number of benzene rings is 2. The van der Waals surface area contributed by atoms with Gasteiger partial charge in [-0.2, -0.15) is 0 Å². The third kappa shape index (κ3) is 5.14. The number of methoxy groups -OCH3 is 1. The minimum absolute atomic E-state index is 0.0416. The lowest BCUT2D eigenvalue weighted by molar-refractivity contribution is -0.130. The van der Waals surface area contributed by atoms with E-state index >= 15 is 0 Å². The quantitative estimate of drug-likeness (QED) is 0.328. The van der Waals surface area contributed by atoms with Crippen molar-refractivity contribution >= 4 is 23.6 Å². The molecule has 1 atom stereocenters. The Morgan fingerprint density at radius 3 is 2.55 bits per heavy atom. The SMILES string of the molecule is COc1ccc(-n2c(SCC(=O)N3CCN(C(=O)c4ccccc4F)C(C)C3)nnc2-c2ccco2)cc1. The van der Waals surface area contributed by atoms with Crippen LogP contribution in [0.5, 0.6) is 5.75 Å². The predicted octanol–water partition coefficient (Wildman–Crippen LogP) is 4.14. The molecule has 5 rings (SSSR count). The van der Waals surface area contributed by atoms with Crippen molar-refractivity contribution in [2.75, 3.05) is 32.5 Å². The van der Waals surface area contributed by atoms with Gasteiger partial charge in [0.15, 0.2) is 10.9 Å². The molecule has 11 heteroatoms. The topological polar surface area (TPSA) is 93.7 Å². The summed E-state index contributed by atoms with van der Waals surface area (Å²) in [5, 5.41) is 9.18. The molecule has 4 aromatic rings. The first kappa shape index (κ1) is 25.5. The van der Waals surface area contributed by atoms with Gasteiger partial charge in [-0.1, -0.05) is 23.9 Å². The number of rotatable bonds is 7. The molecule has 1 saturated heterocycles. The Balaban J connectivity index is 1.28. The second-order valence-electron chi connectivity index (χ2n) is 8.77. The van der Waals surface area contributed by atoms with Crippen LogP contribution in [-0.2, 0) is 4.79 Å². The molecular weight excluding hydrogens is 509 g/mol. The fourth-order valence-electron chi connectivity index (χ4n) is 4.39. The van der Waals surface area contributed by atoms with E-state index in [4.69, 9.17) is 9.15 Å². The van der Waals surface area contributed by atoms with Gasteiger partial charge in [0.1, 0.15) is 11.6 Å². The molecule has 1 unspecified atom stereocenters. The van der Waals surface area contributed by atoms with Gasteiger partial charge >= 0.3 is 0 Å². The van der Waals surface area contributed by atoms with Gasteiger partial charge < -0.3 is 19.0 Å². The zero-order valence-electron chi connectivity index (χ0n) is 20.9. The summed E-state index contributed by atoms with van der Waals surface area (Å²) in [7, 11) is 1.60. The predicted molar refractivity (Wildman–Crippen MR) is 140 cm³/mol. The number of nitrogens with zero attached hydrogens (tertiary/aromatic N) is 5. The van der Waals surface area contributed by atoms with Crippen molar-refractivity contribution in [3.05, 3.63) is 78.3 Å². The van der Waals surface area contributed by atoms with E-state index in [0.717, 1.165) is 5.69 Å². The highest BCUT2D eigenvalue weighted by molar-refractivity contribution is 7.99. The van der Waals surface area contributed by atoms with Crippen molar-refractivity contribution in [2.45, 2.75) is 18.1 Å². The standard InChI is InChI=1S/C27H26FN5O4S/c1-18-16-31(13-14-32(18)26(35)21-6-3-4-7-22(21)28)24(34)17-38-27-30-29-25(23-8-5-15-37-23)33(27)19-9-11-20(36-2)12-10-19/h3-12,15,18H,13-14,16-17H2,1-2H3. The Hall–Kier alpha value is -4.12. The van der Waals surface area contributed by atoms with E-state index in [0.29, 0.717) is 42.1 Å². The third-order valence-electron chi connectivity index (χ3n) is 6.38. The summed E-state index contributed by atoms with van der Waals surface area (Å²) in [6.07, 6.45) is 1.57. The van der Waals surface area contributed by atoms with Crippen LogP contribution in [-0.4, -0.2) is 74.9 Å². The van der Waals surface area contributed by atoms with Crippen molar-refractivity contribution in [3.63, 3.8) is 0 Å². The molecule has 2 amide bonds. The highest BCUT2D eigenvalue weighted by Gasteiger charge is 2.31. The number of hydrogen-bond donors (Lipinski definition) is 0. The normalized spacial score (nSPS) is 15.5. The molecule has 0 N–H and O–H groups in total. The number of aromatic nitrogens is 3. The van der Waals surface area contributed by atoms with E-state index < -0.39 is 5.82 Å². The summed E-state index contributed by atoms with van der Waals surface area (Å²) >= 11 is 1.27. The molecule has 0 spiro atoms. The maximum atomic E-state index is 14.1. The molecule has 0 aliphatic carbocycles. The Labute approximate surface area is 223 Å². The Kier molecular flexibility index (Phi) is 7.45. The molecule has 2 aromatic carbocycles. The van der Waals surface area contributed by atoms with Crippen LogP contribution >= 0.6 is 11.8 Å². The lowest BCUT2D eigenvalue weighted by Crippen LogP contribution is -2.55. The number of amides is 2. The van der Waals surface area contributed by atoms with E-state index in [-0.39, 0.29) is 29.2 Å². The number of ether oxygens (including phenoxy) is 1. The van der Waals surface area contributed by atoms with Gasteiger partial charge in [0, 0.05) is 25.7 Å². The average molecular weight is 536 g/mol. The summed E-state index contributed by atoms with van der Waals surface area (Å²) in [6, 6.07) is 16.7. The van der Waals surface area contributed by atoms with Gasteiger partial charge in [-0.15, -0.1) is 10.2 Å². The molecule has 0 radical (unpaired) electrons. The maximum absolute atomic E-state index is 14.1. The highest BCUT2D eigenvalue weighted by Crippen LogP contribution is 2.29. The van der Waals surface area contributed by atoms with Gasteiger partial charge in [-0.25, -0.2) is 4.39 Å². The van der Waals surface area contributed by atoms with Crippen LogP contribution in [0.1, 0.15) is 17.3 Å². The first-order valence-corrected chi connectivity index (χ1v) is 13.0. The second kappa shape index (κ2) is 11.1. The van der Waals surface area contributed by atoms with Gasteiger partial charge in [0.25, 0.3) is 5.91 Å². The summed E-state index contributed by atoms with van der Waals surface area (Å²) < 4.78 is 26.8. The average Bonchev–Trinajstić information content (AvgIpc) is 3.62. The van der Waals surface area contributed by atoms with Gasteiger partial charge in [0.2, 0.25) is 11.7 Å². The van der Waals surface area contributed by atoms with Crippen molar-refractivity contribution in [1.82, 2.24) is 24.6 Å². The maximum Gasteiger partial charge on any atom is 0.257 e. The lowest BCUT2D eigenvalue weighted by Gasteiger charge is -2.40. The molecule has 0 bridgehead atoms. The minimum atomic E-state index is -0.547. The number of thioether (sulfide) groups is 1. The van der Waals surface area contributed by atoms with E-state index in [1.165, 1.54) is 23.9 Å². The van der Waals surface area contributed by atoms with Crippen molar-refractivity contribution < 1.29 is 23.1 Å². The Morgan fingerprint density at radius 1 is 1.08 bits per heavy atom. The van der Waals surface area contributed by atoms with E-state index in [2.05, 4.69) is 10.2 Å². The Morgan fingerprint density at radius 2 is 1.87 bits per heavy atom. The summed E-state index contributed by atoms with van der Waals surface area (Å²) in [4.78, 5) is 29.4. The van der Waals surface area contributed by atoms with Crippen LogP contribution in [0, 0.1) is 5.82 Å². The summed E-state index contributed by atoms with van der Waals surface area (Å²) in [5.41, 5.74) is 0.839. The van der Waals surface area contributed by atoms with Gasteiger partial charge in [-0.05, 0) is 55.5 Å². The molecule has 0 saturated carbocycles. The monoisotopic (exact) mass is 535 g/mol. The molecule has 9 nitrogen and oxygen atoms in total. The van der Waals surface area contributed by atoms with Crippen LogP contribution in [0.4, 0.5) is 4.39 Å². The van der Waals surface area contributed by atoms with Crippen molar-refractivity contribution in [3.8, 4) is 23.0 Å². The zero-order valence-corrected chi connectivity index (χ0v) is 21.7. The first-order valence-electron chi connectivity index (χ1n) is 12.1. The van der Waals surface area contributed by atoms with Gasteiger partial charge in [-0.3, -0.25) is 14.2 Å². The molecule has 1 aliphatic rings. The highest BCUT2D eigenvalue weighted by atomic mass is 32.2. The van der Waals surface area contributed by atoms with Crippen LogP contribution in [0.2, 0.25) is 0 Å². The van der Waals surface area contributed by atoms with Gasteiger partial charge in [0.05, 0.1) is 30.4 Å². The zero-order chi connectivity index (χ0) is 26.6. The van der Waals surface area contributed by atoms with Crippen molar-refractivity contribution in [2.24, 2.45) is 0 Å². The fourth-order valence-corrected chi connectivity index (χ4v) is 5.24. The smallest absolute Gasteiger partial charge is 0.257 e. The van der Waals surface area contributed by atoms with E-state index in [1.807, 2.05) is 35.8 Å². The molecule has 196 valence electrons. The molecule has 38 heavy (non-hydrogen) atoms. The molecule has 1 fully saturated rings. The third-order valence-corrected chi connectivity index (χ3v) is 7.29. The summed E-state index contributed by atoms with van der Waals surface area (Å²) in [6.45, 7) is 2.92. The first-order chi connectivity index (χ1) is 18.5. The van der Waals surface area contributed by atoms with Crippen LogP contribution in [0.3, 0.4) is 0 Å². The van der Waals surface area contributed by atoms with Crippen LogP contribution in [0.15, 0.2) is 76.5 Å². The molecule has 1 aliphatic heterocycles. The van der Waals surface area contributed by atoms with Crippen LogP contribution < -0.4 is 4.74 Å². The van der Waals surface area contributed by atoms with E-state index in [9.17, 15) is 14.0 Å². The number of piperazine rings is 1. The fraction of sp³-hybridized carbons (Fsp3) is 0.259. The van der Waals surface area contributed by atoms with E-state index in [1.54, 1.807) is 47.4 Å². The lowest BCUT2D eigenvalue weighted by atomic mass is 10.1.